The van der Waals surface area contributed by atoms with Gasteiger partial charge in [0.2, 0.25) is 0 Å². The van der Waals surface area contributed by atoms with E-state index in [1.807, 2.05) is 18.2 Å². The number of allylic oxidation sites excluding steroid dienone is 1. The first kappa shape index (κ1) is 16.0. The van der Waals surface area contributed by atoms with E-state index in [2.05, 4.69) is 17.0 Å². The van der Waals surface area contributed by atoms with Crippen molar-refractivity contribution in [3.8, 4) is 0 Å². The predicted molar refractivity (Wildman–Crippen MR) is 96.5 cm³/mol. The quantitative estimate of drug-likeness (QED) is 0.779. The summed E-state index contributed by atoms with van der Waals surface area (Å²) in [5, 5.41) is 0. The highest BCUT2D eigenvalue weighted by atomic mass is 19.1. The Morgan fingerprint density at radius 1 is 1.00 bits per heavy atom. The minimum atomic E-state index is -0.358. The number of halogens is 1. The number of fused-ring (bicyclic) bond motifs is 1. The number of nitrogens with zero attached hydrogens (tertiary/aromatic N) is 1. The number of rotatable bonds is 2. The Kier molecular flexibility index (Phi) is 4.36. The van der Waals surface area contributed by atoms with Gasteiger partial charge in [0, 0.05) is 29.9 Å². The minimum Gasteiger partial charge on any atom is -0.378 e. The van der Waals surface area contributed by atoms with Gasteiger partial charge in [-0.15, -0.1) is 0 Å². The van der Waals surface area contributed by atoms with Crippen LogP contribution < -0.4 is 4.90 Å². The highest BCUT2D eigenvalue weighted by Gasteiger charge is 2.22. The molecule has 128 valence electrons. The van der Waals surface area contributed by atoms with E-state index >= 15 is 0 Å². The van der Waals surface area contributed by atoms with Crippen LogP contribution in [0.3, 0.4) is 0 Å². The molecule has 1 aliphatic carbocycles. The first-order valence-electron chi connectivity index (χ1n) is 8.67. The summed E-state index contributed by atoms with van der Waals surface area (Å²) in [6, 6.07) is 12.7. The van der Waals surface area contributed by atoms with Crippen LogP contribution in [0.2, 0.25) is 0 Å². The minimum absolute atomic E-state index is 0.0574. The number of morpholine rings is 1. The largest absolute Gasteiger partial charge is 0.378 e. The molecule has 0 aromatic heterocycles. The number of carbonyl (C=O) groups excluding carboxylic acids is 1. The number of hydrogen-bond acceptors (Lipinski definition) is 3. The maximum absolute atomic E-state index is 13.5. The lowest BCUT2D eigenvalue weighted by molar-refractivity contribution is 0.102. The summed E-state index contributed by atoms with van der Waals surface area (Å²) >= 11 is 0. The fourth-order valence-corrected chi connectivity index (χ4v) is 3.48. The number of ether oxygens (including phenoxy) is 1. The number of aryl methyl sites for hydroxylation is 1. The smallest absolute Gasteiger partial charge is 0.189 e. The first-order chi connectivity index (χ1) is 12.2. The van der Waals surface area contributed by atoms with E-state index in [-0.39, 0.29) is 11.6 Å². The molecule has 0 N–H and O–H groups in total. The number of hydrogen-bond donors (Lipinski definition) is 0. The Morgan fingerprint density at radius 2 is 1.76 bits per heavy atom. The molecular formula is C21H20FNO2. The van der Waals surface area contributed by atoms with Gasteiger partial charge in [-0.05, 0) is 54.3 Å². The van der Waals surface area contributed by atoms with Gasteiger partial charge in [-0.3, -0.25) is 4.79 Å². The molecular weight excluding hydrogens is 317 g/mol. The van der Waals surface area contributed by atoms with Crippen molar-refractivity contribution in [3.05, 3.63) is 70.5 Å². The Hall–Kier alpha value is -2.46. The average Bonchev–Trinajstić information content (AvgIpc) is 2.66. The normalized spacial score (nSPS) is 19.2. The van der Waals surface area contributed by atoms with Gasteiger partial charge in [0.1, 0.15) is 5.82 Å². The monoisotopic (exact) mass is 337 g/mol. The lowest BCUT2D eigenvalue weighted by atomic mass is 9.86. The van der Waals surface area contributed by atoms with Crippen LogP contribution >= 0.6 is 0 Å². The molecule has 0 atom stereocenters. The summed E-state index contributed by atoms with van der Waals surface area (Å²) in [5.41, 5.74) is 4.36. The number of anilines is 1. The lowest BCUT2D eigenvalue weighted by Crippen LogP contribution is -2.36. The molecule has 1 heterocycles. The molecule has 0 radical (unpaired) electrons. The zero-order valence-corrected chi connectivity index (χ0v) is 14.0. The second-order valence-corrected chi connectivity index (χ2v) is 6.49. The van der Waals surface area contributed by atoms with Gasteiger partial charge in [0.05, 0.1) is 13.2 Å². The highest BCUT2D eigenvalue weighted by molar-refractivity contribution is 6.13. The molecule has 1 fully saturated rings. The average molecular weight is 337 g/mol. The van der Waals surface area contributed by atoms with Crippen molar-refractivity contribution in [2.24, 2.45) is 0 Å². The molecule has 0 amide bonds. The molecule has 2 aromatic rings. The van der Waals surface area contributed by atoms with Gasteiger partial charge in [-0.1, -0.05) is 18.2 Å². The van der Waals surface area contributed by atoms with Crippen LogP contribution in [0, 0.1) is 5.82 Å². The summed E-state index contributed by atoms with van der Waals surface area (Å²) in [7, 11) is 0. The SMILES string of the molecule is O=C1/C(=C/c2ccc(N3CCOCC3)cc2)CCc2ccc(F)cc21. The van der Waals surface area contributed by atoms with Crippen LogP contribution in [0.5, 0.6) is 0 Å². The van der Waals surface area contributed by atoms with Crippen molar-refractivity contribution in [1.29, 1.82) is 0 Å². The van der Waals surface area contributed by atoms with Crippen molar-refractivity contribution in [2.45, 2.75) is 12.8 Å². The Labute approximate surface area is 146 Å². The molecule has 4 heteroatoms. The molecule has 1 aliphatic heterocycles. The van der Waals surface area contributed by atoms with E-state index in [0.717, 1.165) is 49.4 Å². The van der Waals surface area contributed by atoms with E-state index in [1.165, 1.54) is 17.8 Å². The third-order valence-corrected chi connectivity index (χ3v) is 4.88. The standard InChI is InChI=1S/C21H20FNO2/c22-18-6-5-16-3-4-17(21(24)20(16)14-18)13-15-1-7-19(8-2-15)23-9-11-25-12-10-23/h1-2,5-8,13-14H,3-4,9-12H2/b17-13+. The fourth-order valence-electron chi connectivity index (χ4n) is 3.48. The highest BCUT2D eigenvalue weighted by Crippen LogP contribution is 2.28. The molecule has 3 nitrogen and oxygen atoms in total. The Balaban J connectivity index is 1.55. The maximum Gasteiger partial charge on any atom is 0.189 e. The predicted octanol–water partition coefficient (Wildman–Crippen LogP) is 3.87. The second-order valence-electron chi connectivity index (χ2n) is 6.49. The van der Waals surface area contributed by atoms with E-state index in [0.29, 0.717) is 12.0 Å². The van der Waals surface area contributed by atoms with E-state index in [9.17, 15) is 9.18 Å². The van der Waals surface area contributed by atoms with Crippen LogP contribution in [0.4, 0.5) is 10.1 Å². The maximum atomic E-state index is 13.5. The lowest BCUT2D eigenvalue weighted by Gasteiger charge is -2.28. The number of Topliss-reactive ketones (excluding diaryl/α,β-unsaturated/α-hetero) is 1. The summed E-state index contributed by atoms with van der Waals surface area (Å²) in [6.07, 6.45) is 3.40. The zero-order valence-electron chi connectivity index (χ0n) is 14.0. The van der Waals surface area contributed by atoms with E-state index in [1.54, 1.807) is 6.07 Å². The van der Waals surface area contributed by atoms with Crippen molar-refractivity contribution in [1.82, 2.24) is 0 Å². The number of benzene rings is 2. The molecule has 0 saturated carbocycles. The molecule has 0 bridgehead atoms. The van der Waals surface area contributed by atoms with Crippen LogP contribution in [-0.4, -0.2) is 32.1 Å². The van der Waals surface area contributed by atoms with Crippen molar-refractivity contribution < 1.29 is 13.9 Å². The third-order valence-electron chi connectivity index (χ3n) is 4.88. The molecule has 4 rings (SSSR count). The van der Waals surface area contributed by atoms with Crippen molar-refractivity contribution in [2.75, 3.05) is 31.2 Å². The van der Waals surface area contributed by atoms with Crippen LogP contribution in [0.25, 0.3) is 6.08 Å². The van der Waals surface area contributed by atoms with Gasteiger partial charge in [0.15, 0.2) is 5.78 Å². The second kappa shape index (κ2) is 6.81. The molecule has 0 spiro atoms. The van der Waals surface area contributed by atoms with Gasteiger partial charge >= 0.3 is 0 Å². The molecule has 25 heavy (non-hydrogen) atoms. The van der Waals surface area contributed by atoms with Gasteiger partial charge in [-0.25, -0.2) is 4.39 Å². The summed E-state index contributed by atoms with van der Waals surface area (Å²) in [6.45, 7) is 3.33. The molecule has 1 saturated heterocycles. The third kappa shape index (κ3) is 3.35. The van der Waals surface area contributed by atoms with Crippen molar-refractivity contribution in [3.63, 3.8) is 0 Å². The molecule has 2 aliphatic rings. The van der Waals surface area contributed by atoms with E-state index < -0.39 is 0 Å². The summed E-state index contributed by atoms with van der Waals surface area (Å²) < 4.78 is 18.8. The Bertz CT molecular complexity index is 820. The topological polar surface area (TPSA) is 29.5 Å². The Morgan fingerprint density at radius 3 is 2.52 bits per heavy atom. The van der Waals surface area contributed by atoms with Crippen LogP contribution in [0.1, 0.15) is 27.9 Å². The summed E-state index contributed by atoms with van der Waals surface area (Å²) in [5.74, 6) is -0.416. The number of carbonyl (C=O) groups is 1. The number of ketones is 1. The van der Waals surface area contributed by atoms with Gasteiger partial charge < -0.3 is 9.64 Å². The van der Waals surface area contributed by atoms with Crippen LogP contribution in [0.15, 0.2) is 48.0 Å². The fraction of sp³-hybridized carbons (Fsp3) is 0.286. The van der Waals surface area contributed by atoms with Crippen LogP contribution in [-0.2, 0) is 11.2 Å². The van der Waals surface area contributed by atoms with Crippen molar-refractivity contribution >= 4 is 17.5 Å². The van der Waals surface area contributed by atoms with Gasteiger partial charge in [-0.2, -0.15) is 0 Å². The molecule has 2 aromatic carbocycles. The first-order valence-corrected chi connectivity index (χ1v) is 8.67. The van der Waals surface area contributed by atoms with E-state index in [4.69, 9.17) is 4.74 Å². The molecule has 0 unspecified atom stereocenters. The van der Waals surface area contributed by atoms with Gasteiger partial charge in [0.25, 0.3) is 0 Å². The zero-order chi connectivity index (χ0) is 17.2. The summed E-state index contributed by atoms with van der Waals surface area (Å²) in [4.78, 5) is 14.9.